The van der Waals surface area contributed by atoms with Crippen molar-refractivity contribution in [3.8, 4) is 5.82 Å². The SMILES string of the molecule is CCc1cc(CC)n(-c2nccc(C)c2C(N)=S)n1. The highest BCUT2D eigenvalue weighted by atomic mass is 32.1. The summed E-state index contributed by atoms with van der Waals surface area (Å²) in [6.45, 7) is 6.17. The molecular formula is C14H18N4S. The second kappa shape index (κ2) is 5.48. The van der Waals surface area contributed by atoms with Crippen molar-refractivity contribution >= 4 is 17.2 Å². The number of hydrogen-bond acceptors (Lipinski definition) is 3. The summed E-state index contributed by atoms with van der Waals surface area (Å²) < 4.78 is 1.86. The number of nitrogens with zero attached hydrogens (tertiary/aromatic N) is 3. The van der Waals surface area contributed by atoms with E-state index in [-0.39, 0.29) is 0 Å². The lowest BCUT2D eigenvalue weighted by Crippen LogP contribution is -2.18. The van der Waals surface area contributed by atoms with E-state index in [1.165, 1.54) is 0 Å². The lowest BCUT2D eigenvalue weighted by molar-refractivity contribution is 0.770. The third-order valence-electron chi connectivity index (χ3n) is 3.14. The largest absolute Gasteiger partial charge is 0.389 e. The quantitative estimate of drug-likeness (QED) is 0.869. The van der Waals surface area contributed by atoms with Gasteiger partial charge in [0.15, 0.2) is 5.82 Å². The van der Waals surface area contributed by atoms with Gasteiger partial charge in [0.2, 0.25) is 0 Å². The van der Waals surface area contributed by atoms with Gasteiger partial charge < -0.3 is 5.73 Å². The summed E-state index contributed by atoms with van der Waals surface area (Å²) in [6, 6.07) is 4.02. The molecule has 0 bridgehead atoms. The fraction of sp³-hybridized carbons (Fsp3) is 0.357. The third-order valence-corrected chi connectivity index (χ3v) is 3.35. The van der Waals surface area contributed by atoms with E-state index >= 15 is 0 Å². The summed E-state index contributed by atoms with van der Waals surface area (Å²) in [5.41, 5.74) is 9.83. The molecule has 0 aliphatic carbocycles. The van der Waals surface area contributed by atoms with Crippen LogP contribution < -0.4 is 5.73 Å². The lowest BCUT2D eigenvalue weighted by Gasteiger charge is -2.12. The minimum Gasteiger partial charge on any atom is -0.389 e. The van der Waals surface area contributed by atoms with Crippen molar-refractivity contribution in [3.05, 3.63) is 40.8 Å². The molecule has 0 radical (unpaired) electrons. The monoisotopic (exact) mass is 274 g/mol. The third kappa shape index (κ3) is 2.51. The summed E-state index contributed by atoms with van der Waals surface area (Å²) >= 11 is 5.15. The van der Waals surface area contributed by atoms with Gasteiger partial charge in [0.05, 0.1) is 11.3 Å². The van der Waals surface area contributed by atoms with Gasteiger partial charge in [0.1, 0.15) is 4.99 Å². The predicted molar refractivity (Wildman–Crippen MR) is 80.7 cm³/mol. The Kier molecular flexibility index (Phi) is 3.95. The van der Waals surface area contributed by atoms with E-state index < -0.39 is 0 Å². The first-order valence-corrected chi connectivity index (χ1v) is 6.82. The molecule has 0 saturated heterocycles. The van der Waals surface area contributed by atoms with Crippen LogP contribution in [-0.2, 0) is 12.8 Å². The van der Waals surface area contributed by atoms with Crippen LogP contribution in [0.4, 0.5) is 0 Å². The molecule has 2 aromatic heterocycles. The maximum Gasteiger partial charge on any atom is 0.164 e. The fourth-order valence-electron chi connectivity index (χ4n) is 2.09. The number of pyridine rings is 1. The maximum absolute atomic E-state index is 5.83. The normalized spacial score (nSPS) is 10.7. The van der Waals surface area contributed by atoms with Crippen LogP contribution in [0.3, 0.4) is 0 Å². The first-order chi connectivity index (χ1) is 9.08. The minimum absolute atomic E-state index is 0.358. The summed E-state index contributed by atoms with van der Waals surface area (Å²) in [4.78, 5) is 4.78. The van der Waals surface area contributed by atoms with Gasteiger partial charge >= 0.3 is 0 Å². The van der Waals surface area contributed by atoms with Crippen molar-refractivity contribution in [2.24, 2.45) is 5.73 Å². The first-order valence-electron chi connectivity index (χ1n) is 6.42. The van der Waals surface area contributed by atoms with Crippen LogP contribution in [0.2, 0.25) is 0 Å². The van der Waals surface area contributed by atoms with Crippen molar-refractivity contribution < 1.29 is 0 Å². The van der Waals surface area contributed by atoms with E-state index in [1.807, 2.05) is 17.7 Å². The maximum atomic E-state index is 5.83. The molecule has 0 aliphatic rings. The van der Waals surface area contributed by atoms with E-state index in [1.54, 1.807) is 6.20 Å². The van der Waals surface area contributed by atoms with Crippen molar-refractivity contribution in [1.29, 1.82) is 0 Å². The second-order valence-corrected chi connectivity index (χ2v) is 4.88. The zero-order valence-corrected chi connectivity index (χ0v) is 12.3. The van der Waals surface area contributed by atoms with Gasteiger partial charge in [-0.2, -0.15) is 5.10 Å². The topological polar surface area (TPSA) is 56.7 Å². The standard InChI is InChI=1S/C14H18N4S/c1-4-10-8-11(5-2)18(17-10)14-12(13(15)19)9(3)6-7-16-14/h6-8H,4-5H2,1-3H3,(H2,15,19). The van der Waals surface area contributed by atoms with Crippen LogP contribution in [0.1, 0.15) is 36.4 Å². The molecule has 5 heteroatoms. The van der Waals surface area contributed by atoms with Crippen LogP contribution in [0.25, 0.3) is 5.82 Å². The zero-order chi connectivity index (χ0) is 14.0. The van der Waals surface area contributed by atoms with Gasteiger partial charge in [-0.3, -0.25) is 0 Å². The number of hydrogen-bond donors (Lipinski definition) is 1. The smallest absolute Gasteiger partial charge is 0.164 e. The van der Waals surface area contributed by atoms with Crippen LogP contribution >= 0.6 is 12.2 Å². The Bertz CT molecular complexity index is 616. The number of aryl methyl sites for hydroxylation is 3. The summed E-state index contributed by atoms with van der Waals surface area (Å²) in [5, 5.41) is 4.59. The molecule has 2 N–H and O–H groups in total. The molecule has 0 saturated carbocycles. The number of nitrogens with two attached hydrogens (primary N) is 1. The number of rotatable bonds is 4. The average molecular weight is 274 g/mol. The van der Waals surface area contributed by atoms with Crippen LogP contribution in [0, 0.1) is 6.92 Å². The van der Waals surface area contributed by atoms with E-state index in [4.69, 9.17) is 18.0 Å². The van der Waals surface area contributed by atoms with Gasteiger partial charge in [-0.15, -0.1) is 0 Å². The zero-order valence-electron chi connectivity index (χ0n) is 11.5. The molecule has 0 aromatic carbocycles. The van der Waals surface area contributed by atoms with Crippen LogP contribution in [0.15, 0.2) is 18.3 Å². The van der Waals surface area contributed by atoms with Crippen molar-refractivity contribution in [1.82, 2.24) is 14.8 Å². The highest BCUT2D eigenvalue weighted by Crippen LogP contribution is 2.19. The molecule has 0 amide bonds. The molecule has 19 heavy (non-hydrogen) atoms. The molecule has 0 unspecified atom stereocenters. The molecule has 4 nitrogen and oxygen atoms in total. The second-order valence-electron chi connectivity index (χ2n) is 4.44. The van der Waals surface area contributed by atoms with Gasteiger partial charge in [0, 0.05) is 11.9 Å². The van der Waals surface area contributed by atoms with E-state index in [0.29, 0.717) is 4.99 Å². The fourth-order valence-corrected chi connectivity index (χ4v) is 2.34. The Hall–Kier alpha value is -1.75. The van der Waals surface area contributed by atoms with E-state index in [2.05, 4.69) is 30.0 Å². The van der Waals surface area contributed by atoms with Crippen molar-refractivity contribution in [2.45, 2.75) is 33.6 Å². The average Bonchev–Trinajstić information content (AvgIpc) is 2.81. The summed E-state index contributed by atoms with van der Waals surface area (Å²) in [5.74, 6) is 0.726. The van der Waals surface area contributed by atoms with E-state index in [0.717, 1.165) is 41.2 Å². The van der Waals surface area contributed by atoms with Crippen molar-refractivity contribution in [3.63, 3.8) is 0 Å². The van der Waals surface area contributed by atoms with Gasteiger partial charge in [-0.25, -0.2) is 9.67 Å². The minimum atomic E-state index is 0.358. The number of aromatic nitrogens is 3. The Morgan fingerprint density at radius 2 is 2.11 bits per heavy atom. The molecule has 0 atom stereocenters. The highest BCUT2D eigenvalue weighted by molar-refractivity contribution is 7.80. The molecule has 2 rings (SSSR count). The summed E-state index contributed by atoms with van der Waals surface area (Å²) in [6.07, 6.45) is 3.55. The number of thiocarbonyl (C=S) groups is 1. The first kappa shape index (κ1) is 13.7. The Morgan fingerprint density at radius 3 is 2.68 bits per heavy atom. The van der Waals surface area contributed by atoms with Gasteiger partial charge in [-0.1, -0.05) is 26.1 Å². The molecule has 100 valence electrons. The molecule has 0 aliphatic heterocycles. The molecule has 0 fully saturated rings. The van der Waals surface area contributed by atoms with Gasteiger partial charge in [0.25, 0.3) is 0 Å². The lowest BCUT2D eigenvalue weighted by atomic mass is 10.1. The Labute approximate surface area is 118 Å². The summed E-state index contributed by atoms with van der Waals surface area (Å²) in [7, 11) is 0. The molecule has 0 spiro atoms. The van der Waals surface area contributed by atoms with Crippen LogP contribution in [-0.4, -0.2) is 19.8 Å². The van der Waals surface area contributed by atoms with Crippen molar-refractivity contribution in [2.75, 3.05) is 0 Å². The van der Waals surface area contributed by atoms with E-state index in [9.17, 15) is 0 Å². The van der Waals surface area contributed by atoms with Gasteiger partial charge in [-0.05, 0) is 37.5 Å². The predicted octanol–water partition coefficient (Wildman–Crippen LogP) is 2.33. The Morgan fingerprint density at radius 1 is 1.37 bits per heavy atom. The van der Waals surface area contributed by atoms with Crippen LogP contribution in [0.5, 0.6) is 0 Å². The molecular weight excluding hydrogens is 256 g/mol. The highest BCUT2D eigenvalue weighted by Gasteiger charge is 2.15. The Balaban J connectivity index is 2.68. The molecule has 2 aromatic rings. The molecule has 2 heterocycles.